The molecular weight excluding hydrogens is 212 g/mol. The summed E-state index contributed by atoms with van der Waals surface area (Å²) in [5.74, 6) is 0. The minimum Gasteiger partial charge on any atom is -0.309 e. The maximum absolute atomic E-state index is 4.16. The van der Waals surface area contributed by atoms with E-state index in [0.717, 1.165) is 13.1 Å². The largest absolute Gasteiger partial charge is 0.309 e. The molecule has 0 radical (unpaired) electrons. The number of aromatic nitrogens is 3. The van der Waals surface area contributed by atoms with Crippen LogP contribution in [0.5, 0.6) is 0 Å². The monoisotopic (exact) mass is 230 g/mol. The van der Waals surface area contributed by atoms with Crippen LogP contribution in [0.15, 0.2) is 36.9 Å². The highest BCUT2D eigenvalue weighted by Gasteiger charge is 2.13. The van der Waals surface area contributed by atoms with E-state index in [-0.39, 0.29) is 6.04 Å². The Balaban J connectivity index is 2.20. The van der Waals surface area contributed by atoms with Gasteiger partial charge in [-0.1, -0.05) is 31.2 Å². The van der Waals surface area contributed by atoms with Crippen molar-refractivity contribution in [3.05, 3.63) is 48.0 Å². The quantitative estimate of drug-likeness (QED) is 0.853. The normalized spacial score (nSPS) is 12.6. The van der Waals surface area contributed by atoms with Gasteiger partial charge in [0.2, 0.25) is 0 Å². The molecule has 0 aliphatic carbocycles. The third-order valence-corrected chi connectivity index (χ3v) is 2.85. The van der Waals surface area contributed by atoms with Crippen LogP contribution < -0.4 is 5.32 Å². The van der Waals surface area contributed by atoms with E-state index in [1.165, 1.54) is 11.1 Å². The van der Waals surface area contributed by atoms with Crippen LogP contribution in [-0.2, 0) is 6.54 Å². The molecule has 17 heavy (non-hydrogen) atoms. The summed E-state index contributed by atoms with van der Waals surface area (Å²) >= 11 is 0. The van der Waals surface area contributed by atoms with Crippen molar-refractivity contribution in [2.75, 3.05) is 6.54 Å². The molecule has 2 rings (SSSR count). The summed E-state index contributed by atoms with van der Waals surface area (Å²) in [4.78, 5) is 3.98. The molecule has 90 valence electrons. The summed E-state index contributed by atoms with van der Waals surface area (Å²) in [5.41, 5.74) is 2.63. The minimum atomic E-state index is 0.280. The number of rotatable bonds is 5. The number of hydrogen-bond donors (Lipinski definition) is 1. The smallest absolute Gasteiger partial charge is 0.137 e. The lowest BCUT2D eigenvalue weighted by Crippen LogP contribution is -2.26. The van der Waals surface area contributed by atoms with E-state index in [1.807, 2.05) is 4.68 Å². The van der Waals surface area contributed by atoms with Crippen molar-refractivity contribution in [3.63, 3.8) is 0 Å². The molecule has 1 aromatic carbocycles. The zero-order valence-electron chi connectivity index (χ0n) is 10.3. The number of nitrogens with one attached hydrogen (secondary N) is 1. The highest BCUT2D eigenvalue weighted by Crippen LogP contribution is 2.18. The Bertz CT molecular complexity index is 450. The Morgan fingerprint density at radius 2 is 2.18 bits per heavy atom. The van der Waals surface area contributed by atoms with Crippen molar-refractivity contribution < 1.29 is 0 Å². The van der Waals surface area contributed by atoms with E-state index >= 15 is 0 Å². The molecule has 1 aromatic heterocycles. The summed E-state index contributed by atoms with van der Waals surface area (Å²) in [6.45, 7) is 6.00. The lowest BCUT2D eigenvalue weighted by atomic mass is 10.0. The number of likely N-dealkylation sites (N-methyl/N-ethyl adjacent to an activating group) is 1. The van der Waals surface area contributed by atoms with Crippen LogP contribution in [-0.4, -0.2) is 21.3 Å². The molecule has 0 fully saturated rings. The van der Waals surface area contributed by atoms with Gasteiger partial charge in [0.25, 0.3) is 0 Å². The Morgan fingerprint density at radius 1 is 1.35 bits per heavy atom. The standard InChI is InChI=1S/C13H18N4/c1-3-15-13(8-17-10-14-9-16-17)12-7-5-4-6-11(12)2/h4-7,9-10,13,15H,3,8H2,1-2H3. The predicted octanol–water partition coefficient (Wildman–Crippen LogP) is 1.94. The van der Waals surface area contributed by atoms with Gasteiger partial charge in [-0.25, -0.2) is 4.98 Å². The highest BCUT2D eigenvalue weighted by atomic mass is 15.3. The maximum Gasteiger partial charge on any atom is 0.137 e. The number of benzene rings is 1. The minimum absolute atomic E-state index is 0.280. The molecule has 1 N–H and O–H groups in total. The second kappa shape index (κ2) is 5.59. The van der Waals surface area contributed by atoms with Crippen molar-refractivity contribution in [3.8, 4) is 0 Å². The molecule has 1 unspecified atom stereocenters. The van der Waals surface area contributed by atoms with Gasteiger partial charge in [-0.2, -0.15) is 5.10 Å². The molecule has 0 saturated heterocycles. The lowest BCUT2D eigenvalue weighted by molar-refractivity contribution is 0.446. The third-order valence-electron chi connectivity index (χ3n) is 2.85. The molecule has 0 aliphatic rings. The molecule has 0 aliphatic heterocycles. The van der Waals surface area contributed by atoms with Crippen molar-refractivity contribution in [2.45, 2.75) is 26.4 Å². The molecule has 0 spiro atoms. The van der Waals surface area contributed by atoms with Crippen molar-refractivity contribution in [2.24, 2.45) is 0 Å². The fourth-order valence-electron chi connectivity index (χ4n) is 2.01. The third kappa shape index (κ3) is 2.91. The Labute approximate surface area is 102 Å². The average molecular weight is 230 g/mol. The fraction of sp³-hybridized carbons (Fsp3) is 0.385. The Morgan fingerprint density at radius 3 is 2.82 bits per heavy atom. The van der Waals surface area contributed by atoms with E-state index in [1.54, 1.807) is 12.7 Å². The first kappa shape index (κ1) is 11.8. The number of nitrogens with zero attached hydrogens (tertiary/aromatic N) is 3. The van der Waals surface area contributed by atoms with Crippen LogP contribution in [0, 0.1) is 6.92 Å². The van der Waals surface area contributed by atoms with Gasteiger partial charge in [0.15, 0.2) is 0 Å². The van der Waals surface area contributed by atoms with Crippen LogP contribution in [0.1, 0.15) is 24.1 Å². The van der Waals surface area contributed by atoms with Crippen molar-refractivity contribution >= 4 is 0 Å². The maximum atomic E-state index is 4.16. The van der Waals surface area contributed by atoms with E-state index in [2.05, 4.69) is 53.5 Å². The Hall–Kier alpha value is -1.68. The fourth-order valence-corrected chi connectivity index (χ4v) is 2.01. The van der Waals surface area contributed by atoms with Gasteiger partial charge < -0.3 is 5.32 Å². The first-order valence-electron chi connectivity index (χ1n) is 5.92. The predicted molar refractivity (Wildman–Crippen MR) is 67.6 cm³/mol. The van der Waals surface area contributed by atoms with E-state index in [9.17, 15) is 0 Å². The molecule has 0 bridgehead atoms. The Kier molecular flexibility index (Phi) is 3.88. The van der Waals surface area contributed by atoms with E-state index in [0.29, 0.717) is 0 Å². The molecule has 0 amide bonds. The van der Waals surface area contributed by atoms with Gasteiger partial charge in [-0.3, -0.25) is 4.68 Å². The zero-order valence-corrected chi connectivity index (χ0v) is 10.3. The van der Waals surface area contributed by atoms with Gasteiger partial charge in [0.05, 0.1) is 12.6 Å². The average Bonchev–Trinajstić information content (AvgIpc) is 2.82. The van der Waals surface area contributed by atoms with Gasteiger partial charge in [0.1, 0.15) is 12.7 Å². The lowest BCUT2D eigenvalue weighted by Gasteiger charge is -2.20. The van der Waals surface area contributed by atoms with Crippen LogP contribution in [0.4, 0.5) is 0 Å². The topological polar surface area (TPSA) is 42.7 Å². The molecule has 1 atom stereocenters. The van der Waals surface area contributed by atoms with Gasteiger partial charge in [-0.15, -0.1) is 0 Å². The zero-order chi connectivity index (χ0) is 12.1. The SMILES string of the molecule is CCNC(Cn1cncn1)c1ccccc1C. The number of hydrogen-bond acceptors (Lipinski definition) is 3. The molecule has 0 saturated carbocycles. The molecule has 4 heteroatoms. The first-order valence-corrected chi connectivity index (χ1v) is 5.92. The number of aryl methyl sites for hydroxylation is 1. The molecule has 2 aromatic rings. The molecule has 1 heterocycles. The summed E-state index contributed by atoms with van der Waals surface area (Å²) in [7, 11) is 0. The summed E-state index contributed by atoms with van der Waals surface area (Å²) in [6, 6.07) is 8.73. The second-order valence-electron chi connectivity index (χ2n) is 4.08. The highest BCUT2D eigenvalue weighted by molar-refractivity contribution is 5.28. The van der Waals surface area contributed by atoms with E-state index < -0.39 is 0 Å². The van der Waals surface area contributed by atoms with Crippen LogP contribution in [0.2, 0.25) is 0 Å². The summed E-state index contributed by atoms with van der Waals surface area (Å²) in [6.07, 6.45) is 3.32. The van der Waals surface area contributed by atoms with Crippen LogP contribution >= 0.6 is 0 Å². The second-order valence-corrected chi connectivity index (χ2v) is 4.08. The molecule has 4 nitrogen and oxygen atoms in total. The summed E-state index contributed by atoms with van der Waals surface area (Å²) in [5, 5.41) is 7.65. The van der Waals surface area contributed by atoms with E-state index in [4.69, 9.17) is 0 Å². The first-order chi connectivity index (χ1) is 8.31. The van der Waals surface area contributed by atoms with Gasteiger partial charge in [-0.05, 0) is 24.6 Å². The van der Waals surface area contributed by atoms with Crippen molar-refractivity contribution in [1.82, 2.24) is 20.1 Å². The summed E-state index contributed by atoms with van der Waals surface area (Å²) < 4.78 is 1.86. The molecular formula is C13H18N4. The van der Waals surface area contributed by atoms with Gasteiger partial charge in [0, 0.05) is 0 Å². The van der Waals surface area contributed by atoms with Crippen LogP contribution in [0.3, 0.4) is 0 Å². The van der Waals surface area contributed by atoms with Crippen molar-refractivity contribution in [1.29, 1.82) is 0 Å². The van der Waals surface area contributed by atoms with Gasteiger partial charge >= 0.3 is 0 Å². The van der Waals surface area contributed by atoms with Crippen LogP contribution in [0.25, 0.3) is 0 Å².